The van der Waals surface area contributed by atoms with Crippen LogP contribution < -0.4 is 10.6 Å². The highest BCUT2D eigenvalue weighted by Crippen LogP contribution is 2.21. The fraction of sp³-hybridized carbons (Fsp3) is 0.714. The first-order chi connectivity index (χ1) is 8.86. The molecule has 116 valence electrons. The summed E-state index contributed by atoms with van der Waals surface area (Å²) in [6.07, 6.45) is 1.10. The minimum atomic E-state index is -0.0659. The third-order valence-corrected chi connectivity index (χ3v) is 2.89. The molecule has 0 fully saturated rings. The first kappa shape index (κ1) is 18.9. The van der Waals surface area contributed by atoms with E-state index in [1.165, 1.54) is 0 Å². The van der Waals surface area contributed by atoms with Crippen LogP contribution in [0.2, 0.25) is 0 Å². The lowest BCUT2D eigenvalue weighted by Crippen LogP contribution is -2.33. The number of rotatable bonds is 6. The molecule has 0 aromatic carbocycles. The summed E-state index contributed by atoms with van der Waals surface area (Å²) < 4.78 is 1.65. The van der Waals surface area contributed by atoms with Crippen LogP contribution in [0.5, 0.6) is 0 Å². The number of nitrogens with one attached hydrogen (secondary N) is 2. The normalized spacial score (nSPS) is 11.1. The lowest BCUT2D eigenvalue weighted by Gasteiger charge is -2.13. The smallest absolute Gasteiger partial charge is 0.269 e. The van der Waals surface area contributed by atoms with Crippen molar-refractivity contribution in [3.63, 3.8) is 0 Å². The van der Waals surface area contributed by atoms with E-state index in [1.807, 2.05) is 6.07 Å². The molecule has 1 aromatic rings. The van der Waals surface area contributed by atoms with Crippen LogP contribution in [-0.4, -0.2) is 35.3 Å². The summed E-state index contributed by atoms with van der Waals surface area (Å²) in [7, 11) is 1.81. The highest BCUT2D eigenvalue weighted by molar-refractivity contribution is 5.92. The number of carbonyl (C=O) groups excluding carboxylic acids is 1. The number of halogens is 1. The fourth-order valence-electron chi connectivity index (χ4n) is 1.70. The second-order valence-electron chi connectivity index (χ2n) is 5.79. The summed E-state index contributed by atoms with van der Waals surface area (Å²) in [5, 5.41) is 10.6. The molecule has 1 aromatic heterocycles. The van der Waals surface area contributed by atoms with Gasteiger partial charge in [-0.05, 0) is 19.0 Å². The summed E-state index contributed by atoms with van der Waals surface area (Å²) in [5.41, 5.74) is 1.50. The van der Waals surface area contributed by atoms with Gasteiger partial charge in [0.1, 0.15) is 5.69 Å². The molecule has 1 amide bonds. The molecule has 0 saturated heterocycles. The number of nitrogens with zero attached hydrogens (tertiary/aromatic N) is 2. The number of hydrogen-bond donors (Lipinski definition) is 2. The van der Waals surface area contributed by atoms with Crippen molar-refractivity contribution in [1.82, 2.24) is 20.4 Å². The summed E-state index contributed by atoms with van der Waals surface area (Å²) in [4.78, 5) is 12.0. The monoisotopic (exact) mass is 302 g/mol. The maximum Gasteiger partial charge on any atom is 0.269 e. The Balaban J connectivity index is 0.00000361. The Morgan fingerprint density at radius 1 is 1.30 bits per heavy atom. The lowest BCUT2D eigenvalue weighted by molar-refractivity contribution is 0.0944. The molecule has 5 nitrogen and oxygen atoms in total. The molecule has 0 radical (unpaired) electrons. The number of amides is 1. The molecule has 0 unspecified atom stereocenters. The van der Waals surface area contributed by atoms with E-state index in [4.69, 9.17) is 0 Å². The van der Waals surface area contributed by atoms with Crippen LogP contribution in [0.4, 0.5) is 0 Å². The number of aromatic nitrogens is 2. The van der Waals surface area contributed by atoms with Crippen LogP contribution in [0.25, 0.3) is 0 Å². The van der Waals surface area contributed by atoms with Gasteiger partial charge in [-0.15, -0.1) is 12.4 Å². The van der Waals surface area contributed by atoms with E-state index in [-0.39, 0.29) is 23.7 Å². The second-order valence-corrected chi connectivity index (χ2v) is 5.79. The molecule has 0 bridgehead atoms. The molecular weight excluding hydrogens is 276 g/mol. The highest BCUT2D eigenvalue weighted by Gasteiger charge is 2.21. The molecule has 0 spiro atoms. The molecule has 2 N–H and O–H groups in total. The second kappa shape index (κ2) is 8.27. The van der Waals surface area contributed by atoms with Crippen molar-refractivity contribution in [2.75, 3.05) is 19.6 Å². The third kappa shape index (κ3) is 5.51. The van der Waals surface area contributed by atoms with Crippen molar-refractivity contribution in [1.29, 1.82) is 0 Å². The van der Waals surface area contributed by atoms with Crippen molar-refractivity contribution >= 4 is 18.3 Å². The standard InChI is InChI=1S/C14H26N4O.ClH/c1-6-7-15-8-9-16-13(19)11-10-12(14(2,3)4)17-18(11)5;/h10,15H,6-9H2,1-5H3,(H,16,19);1H. The SMILES string of the molecule is CCCNCCNC(=O)c1cc(C(C)(C)C)nn1C.Cl. The molecule has 20 heavy (non-hydrogen) atoms. The third-order valence-electron chi connectivity index (χ3n) is 2.89. The quantitative estimate of drug-likeness (QED) is 0.789. The van der Waals surface area contributed by atoms with Gasteiger partial charge in [0.05, 0.1) is 5.69 Å². The Hall–Kier alpha value is -1.07. The molecule has 0 aliphatic heterocycles. The van der Waals surface area contributed by atoms with E-state index < -0.39 is 0 Å². The van der Waals surface area contributed by atoms with Gasteiger partial charge in [0.15, 0.2) is 0 Å². The average Bonchev–Trinajstić information content (AvgIpc) is 2.70. The van der Waals surface area contributed by atoms with Gasteiger partial charge < -0.3 is 10.6 Å². The predicted octanol–water partition coefficient (Wildman–Crippen LogP) is 1.87. The minimum Gasteiger partial charge on any atom is -0.349 e. The zero-order chi connectivity index (χ0) is 14.5. The Morgan fingerprint density at radius 2 is 1.95 bits per heavy atom. The van der Waals surface area contributed by atoms with Crippen molar-refractivity contribution in [3.05, 3.63) is 17.5 Å². The summed E-state index contributed by atoms with van der Waals surface area (Å²) in [6, 6.07) is 1.87. The van der Waals surface area contributed by atoms with Crippen LogP contribution in [0, 0.1) is 0 Å². The largest absolute Gasteiger partial charge is 0.349 e. The van der Waals surface area contributed by atoms with Crippen LogP contribution in [0.15, 0.2) is 6.07 Å². The van der Waals surface area contributed by atoms with Gasteiger partial charge in [0.2, 0.25) is 0 Å². The van der Waals surface area contributed by atoms with E-state index in [1.54, 1.807) is 11.7 Å². The number of carbonyl (C=O) groups is 1. The summed E-state index contributed by atoms with van der Waals surface area (Å²) >= 11 is 0. The molecule has 6 heteroatoms. The van der Waals surface area contributed by atoms with Gasteiger partial charge in [0, 0.05) is 25.6 Å². The maximum atomic E-state index is 12.0. The Kier molecular flexibility index (Phi) is 7.83. The van der Waals surface area contributed by atoms with Crippen molar-refractivity contribution in [2.45, 2.75) is 39.5 Å². The Morgan fingerprint density at radius 3 is 2.45 bits per heavy atom. The summed E-state index contributed by atoms with van der Waals surface area (Å²) in [6.45, 7) is 10.8. The minimum absolute atomic E-state index is 0. The van der Waals surface area contributed by atoms with Crippen LogP contribution >= 0.6 is 12.4 Å². The van der Waals surface area contributed by atoms with E-state index in [9.17, 15) is 4.79 Å². The molecule has 0 aliphatic rings. The van der Waals surface area contributed by atoms with Gasteiger partial charge in [0.25, 0.3) is 5.91 Å². The maximum absolute atomic E-state index is 12.0. The fourth-order valence-corrected chi connectivity index (χ4v) is 1.70. The Labute approximate surface area is 127 Å². The molecule has 1 heterocycles. The first-order valence-corrected chi connectivity index (χ1v) is 6.89. The van der Waals surface area contributed by atoms with E-state index >= 15 is 0 Å². The van der Waals surface area contributed by atoms with Crippen molar-refractivity contribution in [2.24, 2.45) is 7.05 Å². The van der Waals surface area contributed by atoms with Gasteiger partial charge in [-0.25, -0.2) is 0 Å². The van der Waals surface area contributed by atoms with Crippen LogP contribution in [0.3, 0.4) is 0 Å². The predicted molar refractivity (Wildman–Crippen MR) is 84.6 cm³/mol. The molecular formula is C14H27ClN4O. The molecule has 0 atom stereocenters. The molecule has 1 rings (SSSR count). The highest BCUT2D eigenvalue weighted by atomic mass is 35.5. The zero-order valence-corrected chi connectivity index (χ0v) is 13.9. The van der Waals surface area contributed by atoms with E-state index in [0.29, 0.717) is 12.2 Å². The van der Waals surface area contributed by atoms with Crippen molar-refractivity contribution < 1.29 is 4.79 Å². The van der Waals surface area contributed by atoms with E-state index in [2.05, 4.69) is 43.4 Å². The topological polar surface area (TPSA) is 58.9 Å². The van der Waals surface area contributed by atoms with Gasteiger partial charge in [-0.2, -0.15) is 5.10 Å². The van der Waals surface area contributed by atoms with Crippen LogP contribution in [-0.2, 0) is 12.5 Å². The number of hydrogen-bond acceptors (Lipinski definition) is 3. The van der Waals surface area contributed by atoms with E-state index in [0.717, 1.165) is 25.2 Å². The Bertz CT molecular complexity index is 423. The van der Waals surface area contributed by atoms with Gasteiger partial charge in [-0.3, -0.25) is 9.48 Å². The van der Waals surface area contributed by atoms with Gasteiger partial charge >= 0.3 is 0 Å². The van der Waals surface area contributed by atoms with Crippen molar-refractivity contribution in [3.8, 4) is 0 Å². The van der Waals surface area contributed by atoms with Gasteiger partial charge in [-0.1, -0.05) is 27.7 Å². The first-order valence-electron chi connectivity index (χ1n) is 6.89. The zero-order valence-electron chi connectivity index (χ0n) is 13.1. The average molecular weight is 303 g/mol. The van der Waals surface area contributed by atoms with Crippen LogP contribution in [0.1, 0.15) is 50.3 Å². The molecule has 0 saturated carbocycles. The number of aryl methyl sites for hydroxylation is 1. The molecule has 0 aliphatic carbocycles. The lowest BCUT2D eigenvalue weighted by atomic mass is 9.92. The summed E-state index contributed by atoms with van der Waals surface area (Å²) in [5.74, 6) is -0.0659.